The number of carboxylic acids is 1. The van der Waals surface area contributed by atoms with Crippen LogP contribution in [0.2, 0.25) is 0 Å². The summed E-state index contributed by atoms with van der Waals surface area (Å²) in [6, 6.07) is 15.4. The number of carboxylic acid groups (broad SMARTS) is 1. The van der Waals surface area contributed by atoms with E-state index in [-0.39, 0.29) is 22.5 Å². The van der Waals surface area contributed by atoms with Gasteiger partial charge in [0, 0.05) is 11.1 Å². The van der Waals surface area contributed by atoms with Crippen molar-refractivity contribution in [2.45, 2.75) is 26.3 Å². The predicted octanol–water partition coefficient (Wildman–Crippen LogP) is 3.32. The number of aromatic nitrogens is 6. The maximum Gasteiger partial charge on any atom is 0.308 e. The first-order valence-corrected chi connectivity index (χ1v) is 11.3. The second-order valence-corrected chi connectivity index (χ2v) is 8.25. The molecule has 4 aromatic rings. The lowest BCUT2D eigenvalue weighted by atomic mass is 9.98. The van der Waals surface area contributed by atoms with Gasteiger partial charge < -0.3 is 9.84 Å². The van der Waals surface area contributed by atoms with Gasteiger partial charge in [-0.15, -0.1) is 15.3 Å². The van der Waals surface area contributed by atoms with Crippen LogP contribution >= 0.6 is 15.9 Å². The van der Waals surface area contributed by atoms with Gasteiger partial charge in [-0.05, 0) is 44.3 Å². The summed E-state index contributed by atoms with van der Waals surface area (Å²) in [4.78, 5) is 24.3. The Morgan fingerprint density at radius 1 is 1.15 bits per heavy atom. The van der Waals surface area contributed by atoms with Crippen molar-refractivity contribution in [3.63, 3.8) is 0 Å². The number of nitrogens with zero attached hydrogens (tertiary/aromatic N) is 5. The maximum atomic E-state index is 12.9. The molecule has 0 unspecified atom stereocenters. The molecule has 2 heterocycles. The number of aromatic amines is 1. The third kappa shape index (κ3) is 5.04. The third-order valence-corrected chi connectivity index (χ3v) is 5.86. The molecule has 34 heavy (non-hydrogen) atoms. The standard InChI is InChI=1S/C23H21BrN6O4/c1-2-11-34-22-20(24)18(12-19(31)32)23(33)30(27-22)13-14-7-9-15(10-8-14)16-5-3-4-6-17(16)21-25-28-29-26-21/h3-10H,2,11-13H2,1H3,(H,31,32)(H,25,26,28,29). The molecule has 174 valence electrons. The van der Waals surface area contributed by atoms with Crippen LogP contribution in [-0.4, -0.2) is 48.1 Å². The number of rotatable bonds is 9. The van der Waals surface area contributed by atoms with Crippen LogP contribution in [0, 0.1) is 0 Å². The number of aliphatic carboxylic acids is 1. The smallest absolute Gasteiger partial charge is 0.308 e. The van der Waals surface area contributed by atoms with E-state index in [0.717, 1.165) is 28.7 Å². The van der Waals surface area contributed by atoms with Crippen LogP contribution in [0.3, 0.4) is 0 Å². The number of ether oxygens (including phenoxy) is 1. The molecule has 2 aromatic carbocycles. The summed E-state index contributed by atoms with van der Waals surface area (Å²) in [5.74, 6) is -0.416. The lowest BCUT2D eigenvalue weighted by Gasteiger charge is -2.13. The average molecular weight is 525 g/mol. The normalized spacial score (nSPS) is 10.9. The molecule has 0 saturated heterocycles. The van der Waals surface area contributed by atoms with E-state index in [4.69, 9.17) is 4.74 Å². The summed E-state index contributed by atoms with van der Waals surface area (Å²) < 4.78 is 7.15. The van der Waals surface area contributed by atoms with E-state index < -0.39 is 17.9 Å². The summed E-state index contributed by atoms with van der Waals surface area (Å²) in [5, 5.41) is 27.8. The zero-order valence-electron chi connectivity index (χ0n) is 18.2. The van der Waals surface area contributed by atoms with Crippen molar-refractivity contribution >= 4 is 21.9 Å². The van der Waals surface area contributed by atoms with Gasteiger partial charge in [0.05, 0.1) is 24.0 Å². The fraction of sp³-hybridized carbons (Fsp3) is 0.217. The minimum absolute atomic E-state index is 0.0965. The van der Waals surface area contributed by atoms with Crippen LogP contribution < -0.4 is 10.3 Å². The molecule has 11 heteroatoms. The highest BCUT2D eigenvalue weighted by molar-refractivity contribution is 9.10. The van der Waals surface area contributed by atoms with Crippen molar-refractivity contribution in [2.75, 3.05) is 6.61 Å². The number of tetrazole rings is 1. The van der Waals surface area contributed by atoms with E-state index in [9.17, 15) is 14.7 Å². The minimum atomic E-state index is -1.11. The van der Waals surface area contributed by atoms with Gasteiger partial charge in [0.1, 0.15) is 0 Å². The van der Waals surface area contributed by atoms with Gasteiger partial charge in [0.25, 0.3) is 5.56 Å². The Labute approximate surface area is 202 Å². The lowest BCUT2D eigenvalue weighted by Crippen LogP contribution is -2.29. The van der Waals surface area contributed by atoms with Crippen molar-refractivity contribution in [1.82, 2.24) is 30.4 Å². The Kier molecular flexibility index (Phi) is 7.12. The monoisotopic (exact) mass is 524 g/mol. The highest BCUT2D eigenvalue weighted by atomic mass is 79.9. The number of hydrogen-bond acceptors (Lipinski definition) is 7. The molecule has 0 spiro atoms. The molecule has 0 amide bonds. The van der Waals surface area contributed by atoms with Crippen molar-refractivity contribution in [2.24, 2.45) is 0 Å². The van der Waals surface area contributed by atoms with Crippen molar-refractivity contribution in [3.05, 3.63) is 74.5 Å². The van der Waals surface area contributed by atoms with E-state index >= 15 is 0 Å². The zero-order chi connectivity index (χ0) is 24.1. The first-order valence-electron chi connectivity index (χ1n) is 10.5. The molecule has 0 aliphatic heterocycles. The second-order valence-electron chi connectivity index (χ2n) is 7.46. The molecular formula is C23H21BrN6O4. The van der Waals surface area contributed by atoms with Crippen LogP contribution in [0.1, 0.15) is 24.5 Å². The largest absolute Gasteiger partial charge is 0.481 e. The Balaban J connectivity index is 1.66. The summed E-state index contributed by atoms with van der Waals surface area (Å²) in [6.07, 6.45) is 0.310. The van der Waals surface area contributed by atoms with Crippen molar-refractivity contribution < 1.29 is 14.6 Å². The third-order valence-electron chi connectivity index (χ3n) is 5.04. The highest BCUT2D eigenvalue weighted by Crippen LogP contribution is 2.30. The van der Waals surface area contributed by atoms with Gasteiger partial charge in [0.2, 0.25) is 11.7 Å². The van der Waals surface area contributed by atoms with Crippen LogP contribution in [0.4, 0.5) is 0 Å². The van der Waals surface area contributed by atoms with Gasteiger partial charge in [-0.25, -0.2) is 4.68 Å². The quantitative estimate of drug-likeness (QED) is 0.340. The molecule has 4 rings (SSSR count). The van der Waals surface area contributed by atoms with E-state index in [1.165, 1.54) is 4.68 Å². The highest BCUT2D eigenvalue weighted by Gasteiger charge is 2.19. The second kappa shape index (κ2) is 10.4. The van der Waals surface area contributed by atoms with Gasteiger partial charge in [-0.1, -0.05) is 55.5 Å². The fourth-order valence-corrected chi connectivity index (χ4v) is 3.95. The van der Waals surface area contributed by atoms with Gasteiger partial charge >= 0.3 is 5.97 Å². The molecule has 10 nitrogen and oxygen atoms in total. The van der Waals surface area contributed by atoms with E-state index in [2.05, 4.69) is 41.7 Å². The Morgan fingerprint density at radius 2 is 1.88 bits per heavy atom. The molecule has 0 radical (unpaired) electrons. The number of H-pyrrole nitrogens is 1. The topological polar surface area (TPSA) is 136 Å². The zero-order valence-corrected chi connectivity index (χ0v) is 19.8. The Bertz CT molecular complexity index is 1350. The Morgan fingerprint density at radius 3 is 2.53 bits per heavy atom. The molecule has 2 N–H and O–H groups in total. The predicted molar refractivity (Wildman–Crippen MR) is 127 cm³/mol. The first-order chi connectivity index (χ1) is 16.5. The molecule has 0 fully saturated rings. The SMILES string of the molecule is CCCOc1nn(Cc2ccc(-c3ccccc3-c3nn[nH]n3)cc2)c(=O)c(CC(=O)O)c1Br. The molecule has 0 bridgehead atoms. The molecule has 2 aromatic heterocycles. The molecule has 0 saturated carbocycles. The number of hydrogen-bond donors (Lipinski definition) is 2. The number of nitrogens with one attached hydrogen (secondary N) is 1. The van der Waals surface area contributed by atoms with Crippen LogP contribution in [0.5, 0.6) is 5.88 Å². The lowest BCUT2D eigenvalue weighted by molar-refractivity contribution is -0.136. The van der Waals surface area contributed by atoms with Crippen LogP contribution in [-0.2, 0) is 17.8 Å². The maximum absolute atomic E-state index is 12.9. The van der Waals surface area contributed by atoms with Gasteiger partial charge in [0.15, 0.2) is 0 Å². The summed E-state index contributed by atoms with van der Waals surface area (Å²) in [7, 11) is 0. The number of carbonyl (C=O) groups is 1. The van der Waals surface area contributed by atoms with Crippen molar-refractivity contribution in [3.8, 4) is 28.4 Å². The summed E-state index contributed by atoms with van der Waals surface area (Å²) in [6.45, 7) is 2.50. The van der Waals surface area contributed by atoms with Crippen LogP contribution in [0.25, 0.3) is 22.5 Å². The van der Waals surface area contributed by atoms with Gasteiger partial charge in [-0.3, -0.25) is 9.59 Å². The summed E-state index contributed by atoms with van der Waals surface area (Å²) in [5.41, 5.74) is 3.15. The molecule has 0 aliphatic rings. The number of benzene rings is 2. The number of halogens is 1. The minimum Gasteiger partial charge on any atom is -0.481 e. The summed E-state index contributed by atoms with van der Waals surface area (Å²) >= 11 is 3.29. The molecular weight excluding hydrogens is 504 g/mol. The fourth-order valence-electron chi connectivity index (χ4n) is 3.45. The van der Waals surface area contributed by atoms with E-state index in [1.807, 2.05) is 55.5 Å². The van der Waals surface area contributed by atoms with Gasteiger partial charge in [-0.2, -0.15) is 5.21 Å². The molecule has 0 atom stereocenters. The molecule has 0 aliphatic carbocycles. The van der Waals surface area contributed by atoms with Crippen LogP contribution in [0.15, 0.2) is 57.8 Å². The van der Waals surface area contributed by atoms with Crippen molar-refractivity contribution in [1.29, 1.82) is 0 Å². The Hall–Kier alpha value is -3.86. The average Bonchev–Trinajstić information content (AvgIpc) is 3.38. The van der Waals surface area contributed by atoms with E-state index in [1.54, 1.807) is 0 Å². The first kappa shape index (κ1) is 23.3. The van der Waals surface area contributed by atoms with E-state index in [0.29, 0.717) is 12.4 Å².